The van der Waals surface area contributed by atoms with Gasteiger partial charge in [-0.3, -0.25) is 19.7 Å². The number of amides is 1. The van der Waals surface area contributed by atoms with Crippen molar-refractivity contribution < 1.29 is 14.5 Å². The molecule has 2 rings (SSSR count). The van der Waals surface area contributed by atoms with Crippen LogP contribution in [0.4, 0.5) is 5.69 Å². The van der Waals surface area contributed by atoms with Gasteiger partial charge in [0, 0.05) is 18.5 Å². The molecule has 0 saturated carbocycles. The number of para-hydroxylation sites is 1. The molecular formula is C15H14N2O4S. The van der Waals surface area contributed by atoms with E-state index < -0.39 is 16.9 Å². The number of carbonyl (C=O) groups is 2. The molecule has 1 aromatic heterocycles. The largest absolute Gasteiger partial charge is 0.349 e. The minimum absolute atomic E-state index is 0.0112. The Morgan fingerprint density at radius 1 is 1.27 bits per heavy atom. The van der Waals surface area contributed by atoms with Crippen LogP contribution in [0.15, 0.2) is 41.8 Å². The quantitative estimate of drug-likeness (QED) is 0.503. The van der Waals surface area contributed by atoms with Crippen molar-refractivity contribution in [2.24, 2.45) is 0 Å². The molecule has 0 radical (unpaired) electrons. The first kappa shape index (κ1) is 15.8. The van der Waals surface area contributed by atoms with E-state index in [-0.39, 0.29) is 23.5 Å². The van der Waals surface area contributed by atoms with Crippen LogP contribution >= 0.6 is 11.3 Å². The van der Waals surface area contributed by atoms with Gasteiger partial charge in [0.05, 0.1) is 9.80 Å². The zero-order valence-electron chi connectivity index (χ0n) is 11.8. The molecule has 7 heteroatoms. The molecule has 1 atom stereocenters. The van der Waals surface area contributed by atoms with Gasteiger partial charge < -0.3 is 5.32 Å². The lowest BCUT2D eigenvalue weighted by Crippen LogP contribution is -2.34. The summed E-state index contributed by atoms with van der Waals surface area (Å²) in [4.78, 5) is 35.0. The summed E-state index contributed by atoms with van der Waals surface area (Å²) in [5.74, 6) is -0.621. The van der Waals surface area contributed by atoms with Crippen LogP contribution in [0.5, 0.6) is 0 Å². The second-order valence-corrected chi connectivity index (χ2v) is 5.70. The third kappa shape index (κ3) is 3.76. The monoisotopic (exact) mass is 318 g/mol. The van der Waals surface area contributed by atoms with Gasteiger partial charge in [0.25, 0.3) is 11.6 Å². The summed E-state index contributed by atoms with van der Waals surface area (Å²) in [6.45, 7) is 1.69. The number of carbonyl (C=O) groups excluding carboxylic acids is 2. The molecular weight excluding hydrogens is 304 g/mol. The van der Waals surface area contributed by atoms with Crippen LogP contribution in [0.3, 0.4) is 0 Å². The van der Waals surface area contributed by atoms with E-state index in [9.17, 15) is 19.7 Å². The predicted octanol–water partition coefficient (Wildman–Crippen LogP) is 3.05. The zero-order chi connectivity index (χ0) is 16.1. The average Bonchev–Trinajstić information content (AvgIpc) is 3.01. The molecule has 6 nitrogen and oxygen atoms in total. The average molecular weight is 318 g/mol. The number of ketones is 1. The third-order valence-corrected chi connectivity index (χ3v) is 3.92. The van der Waals surface area contributed by atoms with Crippen LogP contribution in [0, 0.1) is 10.1 Å². The molecule has 0 saturated heterocycles. The van der Waals surface area contributed by atoms with Gasteiger partial charge in [0.15, 0.2) is 5.78 Å². The Labute approximate surface area is 130 Å². The van der Waals surface area contributed by atoms with Gasteiger partial charge in [-0.25, -0.2) is 0 Å². The highest BCUT2D eigenvalue weighted by Crippen LogP contribution is 2.18. The molecule has 1 heterocycles. The number of benzene rings is 1. The van der Waals surface area contributed by atoms with Gasteiger partial charge in [-0.1, -0.05) is 18.2 Å². The fourth-order valence-electron chi connectivity index (χ4n) is 1.99. The summed E-state index contributed by atoms with van der Waals surface area (Å²) in [6.07, 6.45) is 0.146. The maximum atomic E-state index is 12.1. The number of hydrogen-bond acceptors (Lipinski definition) is 5. The van der Waals surface area contributed by atoms with E-state index in [0.29, 0.717) is 4.88 Å². The van der Waals surface area contributed by atoms with Gasteiger partial charge in [-0.2, -0.15) is 0 Å². The molecule has 0 fully saturated rings. The molecule has 0 aliphatic heterocycles. The second-order valence-electron chi connectivity index (χ2n) is 4.75. The maximum absolute atomic E-state index is 12.1. The molecule has 114 valence electrons. The summed E-state index contributed by atoms with van der Waals surface area (Å²) in [7, 11) is 0. The first-order valence-electron chi connectivity index (χ1n) is 6.60. The van der Waals surface area contributed by atoms with Gasteiger partial charge in [0.1, 0.15) is 5.56 Å². The molecule has 0 aliphatic carbocycles. The summed E-state index contributed by atoms with van der Waals surface area (Å²) in [5.41, 5.74) is -0.264. The summed E-state index contributed by atoms with van der Waals surface area (Å²) in [5, 5.41) is 15.4. The first-order chi connectivity index (χ1) is 10.5. The topological polar surface area (TPSA) is 89.3 Å². The lowest BCUT2D eigenvalue weighted by Gasteiger charge is -2.12. The number of Topliss-reactive ketones (excluding diaryl/α,β-unsaturated/α-hetero) is 1. The number of thiophene rings is 1. The van der Waals surface area contributed by atoms with E-state index in [1.54, 1.807) is 25.1 Å². The van der Waals surface area contributed by atoms with Crippen molar-refractivity contribution in [3.8, 4) is 0 Å². The highest BCUT2D eigenvalue weighted by atomic mass is 32.1. The molecule has 1 aromatic carbocycles. The van der Waals surface area contributed by atoms with Crippen LogP contribution in [0.25, 0.3) is 0 Å². The maximum Gasteiger partial charge on any atom is 0.282 e. The molecule has 0 spiro atoms. The molecule has 0 bridgehead atoms. The van der Waals surface area contributed by atoms with E-state index >= 15 is 0 Å². The number of nitro groups is 1. The van der Waals surface area contributed by atoms with Crippen LogP contribution in [-0.2, 0) is 0 Å². The highest BCUT2D eigenvalue weighted by Gasteiger charge is 2.21. The smallest absolute Gasteiger partial charge is 0.282 e. The lowest BCUT2D eigenvalue weighted by atomic mass is 10.1. The SMILES string of the molecule is C[C@H](CC(=O)c1cccs1)NC(=O)c1ccccc1[N+](=O)[O-]. The van der Waals surface area contributed by atoms with Crippen molar-refractivity contribution in [2.45, 2.75) is 19.4 Å². The summed E-state index contributed by atoms with van der Waals surface area (Å²) < 4.78 is 0. The molecule has 0 unspecified atom stereocenters. The standard InChI is InChI=1S/C15H14N2O4S/c1-10(9-13(18)14-7-4-8-22-14)16-15(19)11-5-2-3-6-12(11)17(20)21/h2-8,10H,9H2,1H3,(H,16,19)/t10-/m1/s1. The number of nitrogens with zero attached hydrogens (tertiary/aromatic N) is 1. The molecule has 1 N–H and O–H groups in total. The third-order valence-electron chi connectivity index (χ3n) is 3.01. The normalized spacial score (nSPS) is 11.7. The van der Waals surface area contributed by atoms with E-state index in [1.165, 1.54) is 29.5 Å². The Morgan fingerprint density at radius 2 is 2.00 bits per heavy atom. The Hall–Kier alpha value is -2.54. The zero-order valence-corrected chi connectivity index (χ0v) is 12.6. The van der Waals surface area contributed by atoms with Crippen molar-refractivity contribution in [2.75, 3.05) is 0 Å². The highest BCUT2D eigenvalue weighted by molar-refractivity contribution is 7.12. The second kappa shape index (κ2) is 6.95. The Balaban J connectivity index is 2.03. The van der Waals surface area contributed by atoms with E-state index in [4.69, 9.17) is 0 Å². The van der Waals surface area contributed by atoms with Crippen molar-refractivity contribution >= 4 is 28.7 Å². The van der Waals surface area contributed by atoms with E-state index in [1.807, 2.05) is 5.38 Å². The van der Waals surface area contributed by atoms with Crippen LogP contribution in [0.1, 0.15) is 33.4 Å². The van der Waals surface area contributed by atoms with E-state index in [2.05, 4.69) is 5.32 Å². The minimum atomic E-state index is -0.601. The number of nitrogens with one attached hydrogen (secondary N) is 1. The van der Waals surface area contributed by atoms with E-state index in [0.717, 1.165) is 0 Å². The molecule has 0 aliphatic rings. The molecule has 1 amide bonds. The van der Waals surface area contributed by atoms with Crippen molar-refractivity contribution in [1.82, 2.24) is 5.32 Å². The van der Waals surface area contributed by atoms with Crippen molar-refractivity contribution in [3.05, 3.63) is 62.3 Å². The number of nitro benzene ring substituents is 1. The fraction of sp³-hybridized carbons (Fsp3) is 0.200. The minimum Gasteiger partial charge on any atom is -0.349 e. The van der Waals surface area contributed by atoms with Crippen LogP contribution in [-0.4, -0.2) is 22.7 Å². The van der Waals surface area contributed by atoms with Gasteiger partial charge in [-0.05, 0) is 24.4 Å². The lowest BCUT2D eigenvalue weighted by molar-refractivity contribution is -0.385. The van der Waals surface area contributed by atoms with Crippen molar-refractivity contribution in [1.29, 1.82) is 0 Å². The van der Waals surface area contributed by atoms with Crippen LogP contribution in [0.2, 0.25) is 0 Å². The van der Waals surface area contributed by atoms with Gasteiger partial charge in [-0.15, -0.1) is 11.3 Å². The summed E-state index contributed by atoms with van der Waals surface area (Å²) in [6, 6.07) is 8.82. The first-order valence-corrected chi connectivity index (χ1v) is 7.48. The Bertz CT molecular complexity index is 697. The number of rotatable bonds is 6. The van der Waals surface area contributed by atoms with Crippen LogP contribution < -0.4 is 5.32 Å². The number of hydrogen-bond donors (Lipinski definition) is 1. The van der Waals surface area contributed by atoms with Crippen molar-refractivity contribution in [3.63, 3.8) is 0 Å². The molecule has 2 aromatic rings. The Morgan fingerprint density at radius 3 is 2.64 bits per heavy atom. The predicted molar refractivity (Wildman–Crippen MR) is 83.3 cm³/mol. The summed E-state index contributed by atoms with van der Waals surface area (Å²) >= 11 is 1.34. The Kier molecular flexibility index (Phi) is 5.00. The molecule has 22 heavy (non-hydrogen) atoms. The van der Waals surface area contributed by atoms with Gasteiger partial charge >= 0.3 is 0 Å². The van der Waals surface area contributed by atoms with Gasteiger partial charge in [0.2, 0.25) is 0 Å². The fourth-order valence-corrected chi connectivity index (χ4v) is 2.67.